The lowest BCUT2D eigenvalue weighted by molar-refractivity contribution is 0.522. The van der Waals surface area contributed by atoms with E-state index in [2.05, 4.69) is 5.32 Å². The van der Waals surface area contributed by atoms with Gasteiger partial charge in [0.25, 0.3) is 0 Å². The van der Waals surface area contributed by atoms with Crippen molar-refractivity contribution in [3.8, 4) is 0 Å². The predicted octanol–water partition coefficient (Wildman–Crippen LogP) is 4.42. The summed E-state index contributed by atoms with van der Waals surface area (Å²) in [5.41, 5.74) is 2.95. The van der Waals surface area contributed by atoms with Crippen LogP contribution in [0.15, 0.2) is 36.4 Å². The van der Waals surface area contributed by atoms with E-state index in [1.807, 2.05) is 24.3 Å². The van der Waals surface area contributed by atoms with Crippen LogP contribution in [0.1, 0.15) is 29.0 Å². The van der Waals surface area contributed by atoms with Crippen molar-refractivity contribution in [2.45, 2.75) is 25.7 Å². The van der Waals surface area contributed by atoms with Gasteiger partial charge in [-0.25, -0.2) is 8.78 Å². The Morgan fingerprint density at radius 2 is 1.95 bits per heavy atom. The molecule has 0 saturated heterocycles. The summed E-state index contributed by atoms with van der Waals surface area (Å²) in [6.45, 7) is 2.52. The van der Waals surface area contributed by atoms with Crippen LogP contribution in [0.4, 0.5) is 14.5 Å². The quantitative estimate of drug-likeness (QED) is 0.854. The molecule has 1 aliphatic heterocycles. The maximum atomic E-state index is 14.1. The third-order valence-electron chi connectivity index (χ3n) is 4.04. The molecule has 104 valence electrons. The number of benzene rings is 2. The van der Waals surface area contributed by atoms with Crippen LogP contribution in [0.3, 0.4) is 0 Å². The lowest BCUT2D eigenvalue weighted by atomic mass is 9.85. The summed E-state index contributed by atoms with van der Waals surface area (Å²) >= 11 is 0. The second kappa shape index (κ2) is 5.23. The molecule has 0 fully saturated rings. The topological polar surface area (TPSA) is 12.0 Å². The Balaban J connectivity index is 1.96. The summed E-state index contributed by atoms with van der Waals surface area (Å²) in [4.78, 5) is 0. The monoisotopic (exact) mass is 273 g/mol. The van der Waals surface area contributed by atoms with Crippen molar-refractivity contribution in [2.24, 2.45) is 0 Å². The average molecular weight is 273 g/mol. The minimum absolute atomic E-state index is 0.165. The number of anilines is 1. The zero-order valence-corrected chi connectivity index (χ0v) is 11.4. The van der Waals surface area contributed by atoms with E-state index in [9.17, 15) is 8.78 Å². The Morgan fingerprint density at radius 1 is 1.15 bits per heavy atom. The van der Waals surface area contributed by atoms with Crippen molar-refractivity contribution < 1.29 is 8.78 Å². The molecular formula is C17H17F2N. The summed E-state index contributed by atoms with van der Waals surface area (Å²) in [6, 6.07) is 10.9. The van der Waals surface area contributed by atoms with Crippen LogP contribution in [-0.2, 0) is 6.42 Å². The van der Waals surface area contributed by atoms with Crippen LogP contribution >= 0.6 is 0 Å². The molecule has 3 heteroatoms. The standard InChI is InChI=1S/C17H17F2N/c1-11-6-7-15(18)14(17(11)19)10-12-8-9-20-16-5-3-2-4-13(12)16/h2-7,12,20H,8-10H2,1H3. The molecule has 1 atom stereocenters. The molecule has 0 aliphatic carbocycles. The van der Waals surface area contributed by atoms with Crippen molar-refractivity contribution >= 4 is 5.69 Å². The van der Waals surface area contributed by atoms with Crippen LogP contribution in [0.2, 0.25) is 0 Å². The van der Waals surface area contributed by atoms with E-state index in [4.69, 9.17) is 0 Å². The van der Waals surface area contributed by atoms with E-state index < -0.39 is 11.6 Å². The van der Waals surface area contributed by atoms with E-state index in [0.717, 1.165) is 24.2 Å². The second-order valence-corrected chi connectivity index (χ2v) is 5.36. The predicted molar refractivity (Wildman–Crippen MR) is 77.1 cm³/mol. The van der Waals surface area contributed by atoms with Gasteiger partial charge in [0.15, 0.2) is 0 Å². The highest BCUT2D eigenvalue weighted by atomic mass is 19.1. The first kappa shape index (κ1) is 13.1. The minimum Gasteiger partial charge on any atom is -0.385 e. The van der Waals surface area contributed by atoms with Crippen molar-refractivity contribution in [3.63, 3.8) is 0 Å². The van der Waals surface area contributed by atoms with Gasteiger partial charge in [0, 0.05) is 17.8 Å². The summed E-state index contributed by atoms with van der Waals surface area (Å²) in [6.07, 6.45) is 1.31. The maximum Gasteiger partial charge on any atom is 0.132 e. The normalized spacial score (nSPS) is 17.4. The molecule has 0 spiro atoms. The lowest BCUT2D eigenvalue weighted by Crippen LogP contribution is -2.19. The molecule has 1 unspecified atom stereocenters. The lowest BCUT2D eigenvalue weighted by Gasteiger charge is -2.27. The average Bonchev–Trinajstić information content (AvgIpc) is 2.48. The number of halogens is 2. The molecule has 1 N–H and O–H groups in total. The molecule has 0 radical (unpaired) electrons. The van der Waals surface area contributed by atoms with Crippen molar-refractivity contribution in [1.29, 1.82) is 0 Å². The molecule has 0 aromatic heterocycles. The van der Waals surface area contributed by atoms with Gasteiger partial charge in [0.05, 0.1) is 0 Å². The molecule has 3 rings (SSSR count). The molecule has 1 heterocycles. The van der Waals surface area contributed by atoms with Gasteiger partial charge in [0.1, 0.15) is 11.6 Å². The fourth-order valence-electron chi connectivity index (χ4n) is 2.91. The van der Waals surface area contributed by atoms with Crippen molar-refractivity contribution in [1.82, 2.24) is 0 Å². The SMILES string of the molecule is Cc1ccc(F)c(CC2CCNc3ccccc32)c1F. The summed E-state index contributed by atoms with van der Waals surface area (Å²) in [5, 5.41) is 3.33. The fourth-order valence-corrected chi connectivity index (χ4v) is 2.91. The van der Waals surface area contributed by atoms with Gasteiger partial charge in [-0.3, -0.25) is 0 Å². The Kier molecular flexibility index (Phi) is 3.43. The minimum atomic E-state index is -0.441. The highest BCUT2D eigenvalue weighted by molar-refractivity contribution is 5.55. The van der Waals surface area contributed by atoms with Crippen molar-refractivity contribution in [3.05, 3.63) is 64.7 Å². The maximum absolute atomic E-state index is 14.1. The molecule has 2 aromatic carbocycles. The van der Waals surface area contributed by atoms with Gasteiger partial charge in [-0.1, -0.05) is 24.3 Å². The van der Waals surface area contributed by atoms with E-state index in [1.165, 1.54) is 12.1 Å². The van der Waals surface area contributed by atoms with Crippen LogP contribution < -0.4 is 5.32 Å². The number of hydrogen-bond acceptors (Lipinski definition) is 1. The second-order valence-electron chi connectivity index (χ2n) is 5.36. The molecule has 20 heavy (non-hydrogen) atoms. The smallest absolute Gasteiger partial charge is 0.132 e. The number of rotatable bonds is 2. The third kappa shape index (κ3) is 2.28. The number of nitrogens with one attached hydrogen (secondary N) is 1. The number of hydrogen-bond donors (Lipinski definition) is 1. The van der Waals surface area contributed by atoms with Crippen LogP contribution in [0.25, 0.3) is 0 Å². The van der Waals surface area contributed by atoms with Gasteiger partial charge in [-0.15, -0.1) is 0 Å². The first-order valence-corrected chi connectivity index (χ1v) is 6.93. The summed E-state index contributed by atoms with van der Waals surface area (Å²) in [5.74, 6) is -0.677. The zero-order valence-electron chi connectivity index (χ0n) is 11.4. The first-order chi connectivity index (χ1) is 9.66. The zero-order chi connectivity index (χ0) is 14.1. The Bertz CT molecular complexity index is 637. The number of fused-ring (bicyclic) bond motifs is 1. The Morgan fingerprint density at radius 3 is 2.80 bits per heavy atom. The molecule has 2 aromatic rings. The molecule has 0 bridgehead atoms. The van der Waals surface area contributed by atoms with Crippen LogP contribution in [0.5, 0.6) is 0 Å². The number of para-hydroxylation sites is 1. The van der Waals surface area contributed by atoms with Gasteiger partial charge in [-0.05, 0) is 48.9 Å². The molecule has 0 saturated carbocycles. The van der Waals surface area contributed by atoms with Crippen molar-refractivity contribution in [2.75, 3.05) is 11.9 Å². The van der Waals surface area contributed by atoms with Gasteiger partial charge < -0.3 is 5.32 Å². The molecule has 1 aliphatic rings. The molecule has 1 nitrogen and oxygen atoms in total. The Hall–Kier alpha value is -1.90. The highest BCUT2D eigenvalue weighted by Gasteiger charge is 2.23. The largest absolute Gasteiger partial charge is 0.385 e. The van der Waals surface area contributed by atoms with E-state index >= 15 is 0 Å². The molecule has 0 amide bonds. The van der Waals surface area contributed by atoms with Gasteiger partial charge in [0.2, 0.25) is 0 Å². The van der Waals surface area contributed by atoms with E-state index in [0.29, 0.717) is 12.0 Å². The fraction of sp³-hybridized carbons (Fsp3) is 0.294. The third-order valence-corrected chi connectivity index (χ3v) is 4.04. The first-order valence-electron chi connectivity index (χ1n) is 6.93. The van der Waals surface area contributed by atoms with Gasteiger partial charge in [-0.2, -0.15) is 0 Å². The van der Waals surface area contributed by atoms with E-state index in [-0.39, 0.29) is 11.5 Å². The Labute approximate surface area is 117 Å². The van der Waals surface area contributed by atoms with E-state index in [1.54, 1.807) is 6.92 Å². The van der Waals surface area contributed by atoms with Gasteiger partial charge >= 0.3 is 0 Å². The van der Waals surface area contributed by atoms with Crippen LogP contribution in [0, 0.1) is 18.6 Å². The number of aryl methyl sites for hydroxylation is 1. The summed E-state index contributed by atoms with van der Waals surface area (Å²) < 4.78 is 28.0. The summed E-state index contributed by atoms with van der Waals surface area (Å²) in [7, 11) is 0. The highest BCUT2D eigenvalue weighted by Crippen LogP contribution is 2.35. The van der Waals surface area contributed by atoms with Crippen LogP contribution in [-0.4, -0.2) is 6.54 Å². The molecular weight excluding hydrogens is 256 g/mol.